The molecule has 0 fully saturated rings. The van der Waals surface area contributed by atoms with E-state index in [2.05, 4.69) is 12.1 Å². The summed E-state index contributed by atoms with van der Waals surface area (Å²) >= 11 is 5.93. The molecule has 0 amide bonds. The Balaban J connectivity index is 1.75. The molecule has 3 aromatic rings. The summed E-state index contributed by atoms with van der Waals surface area (Å²) in [6, 6.07) is 25.1. The highest BCUT2D eigenvalue weighted by Gasteiger charge is 2.03. The van der Waals surface area contributed by atoms with E-state index >= 15 is 0 Å². The molecular formula is C21H15ClO. The summed E-state index contributed by atoms with van der Waals surface area (Å²) in [5.74, 6) is -0.0235. The summed E-state index contributed by atoms with van der Waals surface area (Å²) in [6.45, 7) is 0. The van der Waals surface area contributed by atoms with E-state index in [0.29, 0.717) is 10.6 Å². The normalized spacial score (nSPS) is 10.8. The molecule has 3 rings (SSSR count). The molecule has 0 saturated carbocycles. The molecule has 0 aliphatic heterocycles. The van der Waals surface area contributed by atoms with Crippen LogP contribution >= 0.6 is 11.6 Å². The lowest BCUT2D eigenvalue weighted by molar-refractivity contribution is 0.104. The van der Waals surface area contributed by atoms with E-state index in [1.807, 2.05) is 66.7 Å². The Kier molecular flexibility index (Phi) is 4.70. The SMILES string of the molecule is O=C(C=Cc1cccc(Cl)c1)c1ccc(-c2ccccc2)cc1. The number of hydrogen-bond acceptors (Lipinski definition) is 1. The van der Waals surface area contributed by atoms with Crippen molar-refractivity contribution in [2.24, 2.45) is 0 Å². The van der Waals surface area contributed by atoms with E-state index < -0.39 is 0 Å². The summed E-state index contributed by atoms with van der Waals surface area (Å²) in [5, 5.41) is 0.659. The van der Waals surface area contributed by atoms with Gasteiger partial charge in [0.15, 0.2) is 5.78 Å². The summed E-state index contributed by atoms with van der Waals surface area (Å²) in [7, 11) is 0. The third-order valence-corrected chi connectivity index (χ3v) is 3.79. The second-order valence-corrected chi connectivity index (χ2v) is 5.63. The molecule has 3 aromatic carbocycles. The van der Waals surface area contributed by atoms with Crippen molar-refractivity contribution in [2.45, 2.75) is 0 Å². The number of carbonyl (C=O) groups excluding carboxylic acids is 1. The van der Waals surface area contributed by atoms with Crippen molar-refractivity contribution in [1.82, 2.24) is 0 Å². The molecular weight excluding hydrogens is 304 g/mol. The summed E-state index contributed by atoms with van der Waals surface area (Å²) in [5.41, 5.74) is 3.82. The number of ketones is 1. The van der Waals surface area contributed by atoms with Gasteiger partial charge < -0.3 is 0 Å². The van der Waals surface area contributed by atoms with Gasteiger partial charge in [-0.05, 0) is 34.9 Å². The number of carbonyl (C=O) groups is 1. The van der Waals surface area contributed by atoms with Crippen LogP contribution in [-0.4, -0.2) is 5.78 Å². The highest BCUT2D eigenvalue weighted by atomic mass is 35.5. The van der Waals surface area contributed by atoms with Gasteiger partial charge in [-0.2, -0.15) is 0 Å². The molecule has 0 N–H and O–H groups in total. The highest BCUT2D eigenvalue weighted by Crippen LogP contribution is 2.19. The van der Waals surface area contributed by atoms with Crippen LogP contribution in [0.4, 0.5) is 0 Å². The van der Waals surface area contributed by atoms with Gasteiger partial charge in [-0.25, -0.2) is 0 Å². The molecule has 0 aliphatic rings. The zero-order valence-electron chi connectivity index (χ0n) is 12.4. The zero-order valence-corrected chi connectivity index (χ0v) is 13.2. The molecule has 0 bridgehead atoms. The first-order valence-electron chi connectivity index (χ1n) is 7.36. The molecule has 0 spiro atoms. The van der Waals surface area contributed by atoms with Gasteiger partial charge in [0.25, 0.3) is 0 Å². The average molecular weight is 319 g/mol. The smallest absolute Gasteiger partial charge is 0.185 e. The molecule has 0 aromatic heterocycles. The Hall–Kier alpha value is -2.64. The average Bonchev–Trinajstić information content (AvgIpc) is 2.61. The Morgan fingerprint density at radius 3 is 2.17 bits per heavy atom. The third kappa shape index (κ3) is 3.97. The van der Waals surface area contributed by atoms with Gasteiger partial charge in [-0.15, -0.1) is 0 Å². The van der Waals surface area contributed by atoms with Crippen molar-refractivity contribution in [3.63, 3.8) is 0 Å². The number of rotatable bonds is 4. The molecule has 2 heteroatoms. The van der Waals surface area contributed by atoms with E-state index in [4.69, 9.17) is 11.6 Å². The van der Waals surface area contributed by atoms with Gasteiger partial charge >= 0.3 is 0 Å². The van der Waals surface area contributed by atoms with E-state index in [9.17, 15) is 4.79 Å². The quantitative estimate of drug-likeness (QED) is 0.432. The Morgan fingerprint density at radius 1 is 0.783 bits per heavy atom. The van der Waals surface area contributed by atoms with Gasteiger partial charge in [-0.3, -0.25) is 4.79 Å². The lowest BCUT2D eigenvalue weighted by Gasteiger charge is -2.02. The summed E-state index contributed by atoms with van der Waals surface area (Å²) < 4.78 is 0. The Morgan fingerprint density at radius 2 is 1.48 bits per heavy atom. The standard InChI is InChI=1S/C21H15ClO/c22-20-8-4-5-16(15-20)9-14-21(23)19-12-10-18(11-13-19)17-6-2-1-3-7-17/h1-15H. The summed E-state index contributed by atoms with van der Waals surface area (Å²) in [4.78, 5) is 12.2. The molecule has 1 nitrogen and oxygen atoms in total. The van der Waals surface area contributed by atoms with Crippen LogP contribution in [0.1, 0.15) is 15.9 Å². The molecule has 112 valence electrons. The van der Waals surface area contributed by atoms with Crippen molar-refractivity contribution in [2.75, 3.05) is 0 Å². The minimum atomic E-state index is -0.0235. The molecule has 0 aliphatic carbocycles. The van der Waals surface area contributed by atoms with Gasteiger partial charge in [0.2, 0.25) is 0 Å². The monoisotopic (exact) mass is 318 g/mol. The van der Waals surface area contributed by atoms with Crippen molar-refractivity contribution in [3.05, 3.63) is 101 Å². The van der Waals surface area contributed by atoms with Gasteiger partial charge in [0.05, 0.1) is 0 Å². The maximum atomic E-state index is 12.2. The number of allylic oxidation sites excluding steroid dienone is 1. The fourth-order valence-electron chi connectivity index (χ4n) is 2.34. The summed E-state index contributed by atoms with van der Waals surface area (Å²) in [6.07, 6.45) is 3.35. The molecule has 0 heterocycles. The number of benzene rings is 3. The van der Waals surface area contributed by atoms with Gasteiger partial charge in [0.1, 0.15) is 0 Å². The molecule has 0 saturated heterocycles. The van der Waals surface area contributed by atoms with Crippen LogP contribution in [0.2, 0.25) is 5.02 Å². The number of halogens is 1. The van der Waals surface area contributed by atoms with Crippen molar-refractivity contribution in [1.29, 1.82) is 0 Å². The van der Waals surface area contributed by atoms with E-state index in [-0.39, 0.29) is 5.78 Å². The maximum Gasteiger partial charge on any atom is 0.185 e. The van der Waals surface area contributed by atoms with Crippen LogP contribution in [-0.2, 0) is 0 Å². The van der Waals surface area contributed by atoms with Crippen molar-refractivity contribution in [3.8, 4) is 11.1 Å². The first kappa shape index (κ1) is 15.3. The third-order valence-electron chi connectivity index (χ3n) is 3.55. The van der Waals surface area contributed by atoms with E-state index in [1.165, 1.54) is 0 Å². The van der Waals surface area contributed by atoms with Crippen LogP contribution < -0.4 is 0 Å². The van der Waals surface area contributed by atoms with Crippen molar-refractivity contribution >= 4 is 23.5 Å². The molecule has 0 radical (unpaired) electrons. The van der Waals surface area contributed by atoms with E-state index in [0.717, 1.165) is 16.7 Å². The van der Waals surface area contributed by atoms with Crippen LogP contribution in [0, 0.1) is 0 Å². The first-order valence-corrected chi connectivity index (χ1v) is 7.74. The molecule has 23 heavy (non-hydrogen) atoms. The fourth-order valence-corrected chi connectivity index (χ4v) is 2.53. The minimum absolute atomic E-state index is 0.0235. The maximum absolute atomic E-state index is 12.2. The van der Waals surface area contributed by atoms with Crippen LogP contribution in [0.3, 0.4) is 0 Å². The van der Waals surface area contributed by atoms with Crippen LogP contribution in [0.15, 0.2) is 84.9 Å². The van der Waals surface area contributed by atoms with Gasteiger partial charge in [0, 0.05) is 10.6 Å². The van der Waals surface area contributed by atoms with Crippen LogP contribution in [0.25, 0.3) is 17.2 Å². The predicted octanol–water partition coefficient (Wildman–Crippen LogP) is 5.90. The first-order chi connectivity index (χ1) is 11.2. The van der Waals surface area contributed by atoms with Crippen LogP contribution in [0.5, 0.6) is 0 Å². The highest BCUT2D eigenvalue weighted by molar-refractivity contribution is 6.30. The van der Waals surface area contributed by atoms with Crippen molar-refractivity contribution < 1.29 is 4.79 Å². The number of hydrogen-bond donors (Lipinski definition) is 0. The topological polar surface area (TPSA) is 17.1 Å². The van der Waals surface area contributed by atoms with Gasteiger partial charge in [-0.1, -0.05) is 84.4 Å². The second kappa shape index (κ2) is 7.08. The zero-order chi connectivity index (χ0) is 16.1. The Labute approximate surface area is 140 Å². The predicted molar refractivity (Wildman–Crippen MR) is 96.7 cm³/mol. The molecule has 0 atom stereocenters. The Bertz CT molecular complexity index is 833. The largest absolute Gasteiger partial charge is 0.289 e. The lowest BCUT2D eigenvalue weighted by Crippen LogP contribution is -1.93. The van der Waals surface area contributed by atoms with E-state index in [1.54, 1.807) is 12.2 Å². The minimum Gasteiger partial charge on any atom is -0.289 e. The lowest BCUT2D eigenvalue weighted by atomic mass is 10.0. The molecule has 0 unspecified atom stereocenters. The second-order valence-electron chi connectivity index (χ2n) is 5.20. The fraction of sp³-hybridized carbons (Fsp3) is 0.